The van der Waals surface area contributed by atoms with Gasteiger partial charge in [-0.2, -0.15) is 0 Å². The molecule has 13 heavy (non-hydrogen) atoms. The zero-order valence-electron chi connectivity index (χ0n) is 6.44. The normalized spacial score (nSPS) is 24.7. The third-order valence-electron chi connectivity index (χ3n) is 1.77. The van der Waals surface area contributed by atoms with E-state index in [1.165, 1.54) is 12.3 Å². The summed E-state index contributed by atoms with van der Waals surface area (Å²) in [7, 11) is 0. The van der Waals surface area contributed by atoms with Gasteiger partial charge in [0.2, 0.25) is 0 Å². The topological polar surface area (TPSA) is 62.0 Å². The molecule has 0 bridgehead atoms. The van der Waals surface area contributed by atoms with Crippen molar-refractivity contribution in [1.29, 1.82) is 0 Å². The molecule has 0 aromatic rings. The van der Waals surface area contributed by atoms with Gasteiger partial charge in [0.1, 0.15) is 16.9 Å². The summed E-state index contributed by atoms with van der Waals surface area (Å²) >= 11 is 5.63. The van der Waals surface area contributed by atoms with Crippen molar-refractivity contribution in [2.45, 2.75) is 6.04 Å². The maximum absolute atomic E-state index is 10.6. The van der Waals surface area contributed by atoms with Crippen molar-refractivity contribution in [3.63, 3.8) is 0 Å². The molecule has 0 saturated carbocycles. The second-order valence-electron chi connectivity index (χ2n) is 2.65. The van der Waals surface area contributed by atoms with Crippen LogP contribution in [0.5, 0.6) is 0 Å². The maximum Gasteiger partial charge on any atom is 0.354 e. The summed E-state index contributed by atoms with van der Waals surface area (Å²) in [6.07, 6.45) is 4.65. The number of carboxylic acid groups (broad SMARTS) is 1. The van der Waals surface area contributed by atoms with Gasteiger partial charge in [0.25, 0.3) is 0 Å². The van der Waals surface area contributed by atoms with Crippen LogP contribution in [-0.2, 0) is 4.79 Å². The molecule has 1 atom stereocenters. The second kappa shape index (κ2) is 2.81. The Labute approximate surface area is 79.0 Å². The van der Waals surface area contributed by atoms with E-state index in [-0.39, 0.29) is 11.8 Å². The molecule has 0 saturated heterocycles. The summed E-state index contributed by atoms with van der Waals surface area (Å²) in [5.41, 5.74) is 0.825. The van der Waals surface area contributed by atoms with Gasteiger partial charge in [-0.25, -0.2) is 9.79 Å². The Bertz CT molecular complexity index is 393. The Balaban J connectivity index is 2.36. The van der Waals surface area contributed by atoms with Crippen LogP contribution in [0.4, 0.5) is 0 Å². The van der Waals surface area contributed by atoms with Crippen molar-refractivity contribution in [1.82, 2.24) is 0 Å². The van der Waals surface area contributed by atoms with Crippen molar-refractivity contribution in [2.75, 3.05) is 0 Å². The minimum absolute atomic E-state index is 0.0501. The third-order valence-corrected chi connectivity index (χ3v) is 1.97. The highest BCUT2D eigenvalue weighted by molar-refractivity contribution is 6.42. The first-order valence-electron chi connectivity index (χ1n) is 3.61. The van der Waals surface area contributed by atoms with Gasteiger partial charge in [0.05, 0.1) is 0 Å². The molecule has 0 fully saturated rings. The molecule has 0 radical (unpaired) electrons. The van der Waals surface area contributed by atoms with Crippen LogP contribution in [0.2, 0.25) is 0 Å². The molecule has 4 nitrogen and oxygen atoms in total. The van der Waals surface area contributed by atoms with Crippen LogP contribution in [-0.4, -0.2) is 29.0 Å². The van der Waals surface area contributed by atoms with E-state index in [0.29, 0.717) is 5.16 Å². The van der Waals surface area contributed by atoms with Gasteiger partial charge in [-0.15, -0.1) is 0 Å². The molecule has 1 N–H and O–H groups in total. The number of fused-ring (bicyclic) bond motifs is 1. The lowest BCUT2D eigenvalue weighted by atomic mass is 10.1. The van der Waals surface area contributed by atoms with Gasteiger partial charge in [-0.05, 0) is 17.7 Å². The highest BCUT2D eigenvalue weighted by Crippen LogP contribution is 2.22. The number of aliphatic imine (C=N–C) groups is 2. The van der Waals surface area contributed by atoms with E-state index in [1.54, 1.807) is 6.08 Å². The number of hydrogen-bond acceptors (Lipinski definition) is 3. The molecule has 2 heterocycles. The first kappa shape index (κ1) is 8.19. The van der Waals surface area contributed by atoms with Crippen molar-refractivity contribution in [3.05, 3.63) is 22.9 Å². The molecule has 0 amide bonds. The summed E-state index contributed by atoms with van der Waals surface area (Å²) in [6, 6.07) is -0.270. The van der Waals surface area contributed by atoms with Crippen LogP contribution < -0.4 is 0 Å². The van der Waals surface area contributed by atoms with Gasteiger partial charge in [0.15, 0.2) is 0 Å². The summed E-state index contributed by atoms with van der Waals surface area (Å²) in [6.45, 7) is 0. The molecule has 0 spiro atoms. The van der Waals surface area contributed by atoms with Crippen LogP contribution in [0.15, 0.2) is 32.9 Å². The number of nitrogens with zero attached hydrogens (tertiary/aromatic N) is 2. The number of halogens is 1. The van der Waals surface area contributed by atoms with Gasteiger partial charge >= 0.3 is 5.97 Å². The molecule has 2 rings (SSSR count). The van der Waals surface area contributed by atoms with Crippen molar-refractivity contribution in [2.24, 2.45) is 9.98 Å². The fourth-order valence-corrected chi connectivity index (χ4v) is 1.37. The highest BCUT2D eigenvalue weighted by Gasteiger charge is 2.23. The van der Waals surface area contributed by atoms with E-state index >= 15 is 0 Å². The zero-order valence-corrected chi connectivity index (χ0v) is 7.19. The Morgan fingerprint density at radius 2 is 2.31 bits per heavy atom. The Hall–Kier alpha value is -1.42. The van der Waals surface area contributed by atoms with E-state index < -0.39 is 5.97 Å². The van der Waals surface area contributed by atoms with E-state index in [9.17, 15) is 4.79 Å². The van der Waals surface area contributed by atoms with Gasteiger partial charge in [-0.3, -0.25) is 4.99 Å². The van der Waals surface area contributed by atoms with Crippen LogP contribution in [0.25, 0.3) is 0 Å². The second-order valence-corrected chi connectivity index (χ2v) is 3.04. The molecule has 0 aromatic carbocycles. The predicted molar refractivity (Wildman–Crippen MR) is 49.4 cm³/mol. The number of carboxylic acids is 1. The summed E-state index contributed by atoms with van der Waals surface area (Å²) in [5, 5.41) is 9.00. The van der Waals surface area contributed by atoms with E-state index in [2.05, 4.69) is 9.98 Å². The number of hydrogen-bond donors (Lipinski definition) is 1. The fourth-order valence-electron chi connectivity index (χ4n) is 1.18. The molecule has 0 aliphatic carbocycles. The summed E-state index contributed by atoms with van der Waals surface area (Å²) < 4.78 is 0. The quantitative estimate of drug-likeness (QED) is 0.636. The van der Waals surface area contributed by atoms with Crippen molar-refractivity contribution < 1.29 is 9.90 Å². The molecule has 0 unspecified atom stereocenters. The standard InChI is InChI=1S/C8H5ClN2O2/c9-7-2-4-1-5(8(12)13)11-6(4)3-10-7/h1-3,6H,(H,12,13)/t6-/m0/s1. The molecular formula is C8H5ClN2O2. The molecule has 66 valence electrons. The van der Waals surface area contributed by atoms with E-state index in [1.807, 2.05) is 0 Å². The lowest BCUT2D eigenvalue weighted by Crippen LogP contribution is -2.10. The van der Waals surface area contributed by atoms with E-state index in [0.717, 1.165) is 5.57 Å². The molecule has 5 heteroatoms. The predicted octanol–water partition coefficient (Wildman–Crippen LogP) is 0.985. The van der Waals surface area contributed by atoms with E-state index in [4.69, 9.17) is 16.7 Å². The largest absolute Gasteiger partial charge is 0.477 e. The van der Waals surface area contributed by atoms with Crippen molar-refractivity contribution in [3.8, 4) is 0 Å². The monoisotopic (exact) mass is 196 g/mol. The molecule has 0 aromatic heterocycles. The smallest absolute Gasteiger partial charge is 0.354 e. The van der Waals surface area contributed by atoms with Crippen molar-refractivity contribution >= 4 is 29.5 Å². The average molecular weight is 197 g/mol. The Morgan fingerprint density at radius 1 is 1.54 bits per heavy atom. The fraction of sp³-hybridized carbons (Fsp3) is 0.125. The number of carbonyl (C=O) groups is 1. The molecule has 2 aliphatic rings. The molecule has 2 aliphatic heterocycles. The van der Waals surface area contributed by atoms with Crippen LogP contribution >= 0.6 is 11.6 Å². The summed E-state index contributed by atoms with van der Waals surface area (Å²) in [5.74, 6) is -1.03. The number of rotatable bonds is 1. The lowest BCUT2D eigenvalue weighted by Gasteiger charge is -2.06. The Kier molecular flexibility index (Phi) is 1.77. The zero-order chi connectivity index (χ0) is 9.42. The van der Waals surface area contributed by atoms with Crippen LogP contribution in [0.3, 0.4) is 0 Å². The first-order valence-corrected chi connectivity index (χ1v) is 3.98. The lowest BCUT2D eigenvalue weighted by molar-refractivity contribution is -0.129. The van der Waals surface area contributed by atoms with Gasteiger partial charge in [-0.1, -0.05) is 11.6 Å². The van der Waals surface area contributed by atoms with Gasteiger partial charge in [0, 0.05) is 6.21 Å². The minimum Gasteiger partial charge on any atom is -0.477 e. The summed E-state index contributed by atoms with van der Waals surface area (Å²) in [4.78, 5) is 18.3. The number of aliphatic carboxylic acids is 1. The van der Waals surface area contributed by atoms with Gasteiger partial charge < -0.3 is 5.11 Å². The SMILES string of the molecule is O=C(O)C1=N[C@H]2C=NC(Cl)=CC2=C1. The first-order chi connectivity index (χ1) is 6.16. The maximum atomic E-state index is 10.6. The highest BCUT2D eigenvalue weighted by atomic mass is 35.5. The molecular weight excluding hydrogens is 192 g/mol. The van der Waals surface area contributed by atoms with Crippen LogP contribution in [0, 0.1) is 0 Å². The van der Waals surface area contributed by atoms with Crippen LogP contribution in [0.1, 0.15) is 0 Å². The minimum atomic E-state index is -1.03. The Morgan fingerprint density at radius 3 is 3.00 bits per heavy atom. The average Bonchev–Trinajstić information content (AvgIpc) is 2.46. The third kappa shape index (κ3) is 1.40.